The smallest absolute Gasteiger partial charge is 0.400 e. The van der Waals surface area contributed by atoms with Crippen molar-refractivity contribution in [1.29, 1.82) is 0 Å². The Bertz CT molecular complexity index is 802. The van der Waals surface area contributed by atoms with Crippen LogP contribution in [0.2, 0.25) is 0 Å². The first-order valence-corrected chi connectivity index (χ1v) is 7.35. The molecule has 2 N–H and O–H groups in total. The monoisotopic (exact) mass is 394 g/mol. The molecule has 2 rings (SSSR count). The van der Waals surface area contributed by atoms with Gasteiger partial charge in [0, 0.05) is 4.47 Å². The van der Waals surface area contributed by atoms with Crippen LogP contribution in [0.4, 0.5) is 5.88 Å². The molecule has 0 bridgehead atoms. The van der Waals surface area contributed by atoms with Crippen LogP contribution in [0.3, 0.4) is 0 Å². The van der Waals surface area contributed by atoms with Gasteiger partial charge in [0.15, 0.2) is 5.76 Å². The van der Waals surface area contributed by atoms with E-state index in [9.17, 15) is 19.7 Å². The van der Waals surface area contributed by atoms with Crippen molar-refractivity contribution in [3.63, 3.8) is 0 Å². The summed E-state index contributed by atoms with van der Waals surface area (Å²) in [5, 5.41) is 16.5. The van der Waals surface area contributed by atoms with Gasteiger partial charge in [-0.05, 0) is 34.1 Å². The molecule has 1 heterocycles. The zero-order valence-electron chi connectivity index (χ0n) is 12.1. The minimum absolute atomic E-state index is 0.110. The minimum Gasteiger partial charge on any atom is -0.400 e. The van der Waals surface area contributed by atoms with Crippen LogP contribution < -0.4 is 10.7 Å². The quantitative estimate of drug-likeness (QED) is 0.438. The number of furan rings is 1. The van der Waals surface area contributed by atoms with Crippen molar-refractivity contribution >= 4 is 39.8 Å². The number of hydrogen-bond acceptors (Lipinski definition) is 6. The topological polar surface area (TPSA) is 127 Å². The largest absolute Gasteiger partial charge is 0.433 e. The van der Waals surface area contributed by atoms with Crippen LogP contribution in [0.5, 0.6) is 0 Å². The average Bonchev–Trinajstić information content (AvgIpc) is 3.02. The van der Waals surface area contributed by atoms with E-state index >= 15 is 0 Å². The Morgan fingerprint density at radius 2 is 2.04 bits per heavy atom. The number of nitrogens with zero attached hydrogens (tertiary/aromatic N) is 2. The van der Waals surface area contributed by atoms with E-state index in [2.05, 4.69) is 31.8 Å². The van der Waals surface area contributed by atoms with Crippen LogP contribution >= 0.6 is 15.9 Å². The van der Waals surface area contributed by atoms with Crippen molar-refractivity contribution < 1.29 is 18.9 Å². The summed E-state index contributed by atoms with van der Waals surface area (Å²) >= 11 is 3.24. The van der Waals surface area contributed by atoms with E-state index in [1.807, 2.05) is 0 Å². The van der Waals surface area contributed by atoms with Gasteiger partial charge in [-0.3, -0.25) is 19.7 Å². The Kier molecular flexibility index (Phi) is 5.79. The standard InChI is InChI=1S/C14H11BrN4O5/c15-11-4-2-1-3-10(11)14(21)16-8-12(20)18-17-7-9-5-6-13(24-9)19(22)23/h1-7H,8H2,(H,16,21)(H,18,20)/b17-7+. The lowest BCUT2D eigenvalue weighted by Gasteiger charge is -2.05. The van der Waals surface area contributed by atoms with E-state index in [0.29, 0.717) is 10.0 Å². The fourth-order valence-electron chi connectivity index (χ4n) is 1.62. The average molecular weight is 395 g/mol. The van der Waals surface area contributed by atoms with Crippen LogP contribution in [0.1, 0.15) is 16.1 Å². The highest BCUT2D eigenvalue weighted by Gasteiger charge is 2.11. The lowest BCUT2D eigenvalue weighted by molar-refractivity contribution is -0.402. The summed E-state index contributed by atoms with van der Waals surface area (Å²) in [6, 6.07) is 9.29. The van der Waals surface area contributed by atoms with Gasteiger partial charge in [0.1, 0.15) is 4.92 Å². The van der Waals surface area contributed by atoms with Crippen molar-refractivity contribution in [3.8, 4) is 0 Å². The van der Waals surface area contributed by atoms with Gasteiger partial charge in [-0.2, -0.15) is 5.10 Å². The van der Waals surface area contributed by atoms with Crippen LogP contribution in [-0.4, -0.2) is 29.5 Å². The molecule has 0 saturated heterocycles. The number of benzene rings is 1. The van der Waals surface area contributed by atoms with Crippen LogP contribution in [-0.2, 0) is 4.79 Å². The van der Waals surface area contributed by atoms with Crippen molar-refractivity contribution in [2.24, 2.45) is 5.10 Å². The maximum Gasteiger partial charge on any atom is 0.433 e. The number of hydrogen-bond donors (Lipinski definition) is 2. The van der Waals surface area contributed by atoms with E-state index < -0.39 is 22.6 Å². The molecule has 0 atom stereocenters. The normalized spacial score (nSPS) is 10.5. The van der Waals surface area contributed by atoms with Gasteiger partial charge in [-0.15, -0.1) is 0 Å². The fourth-order valence-corrected chi connectivity index (χ4v) is 2.08. The SMILES string of the molecule is O=C(CNC(=O)c1ccccc1Br)N/N=C/c1ccc([N+](=O)[O-])o1. The summed E-state index contributed by atoms with van der Waals surface area (Å²) < 4.78 is 5.43. The van der Waals surface area contributed by atoms with Crippen molar-refractivity contribution in [2.45, 2.75) is 0 Å². The third kappa shape index (κ3) is 4.74. The van der Waals surface area contributed by atoms with Gasteiger partial charge in [0.2, 0.25) is 0 Å². The van der Waals surface area contributed by atoms with E-state index in [0.717, 1.165) is 6.21 Å². The number of carbonyl (C=O) groups is 2. The maximum atomic E-state index is 11.9. The molecular formula is C14H11BrN4O5. The zero-order chi connectivity index (χ0) is 17.5. The molecule has 0 unspecified atom stereocenters. The maximum absolute atomic E-state index is 11.9. The third-order valence-electron chi connectivity index (χ3n) is 2.70. The van der Waals surface area contributed by atoms with Crippen LogP contribution in [0, 0.1) is 10.1 Å². The van der Waals surface area contributed by atoms with Crippen LogP contribution in [0.15, 0.2) is 50.4 Å². The number of nitrogens with one attached hydrogen (secondary N) is 2. The first kappa shape index (κ1) is 17.3. The molecule has 0 aliphatic rings. The summed E-state index contributed by atoms with van der Waals surface area (Å²) in [7, 11) is 0. The predicted molar refractivity (Wildman–Crippen MR) is 87.6 cm³/mol. The molecule has 0 radical (unpaired) electrons. The second-order valence-electron chi connectivity index (χ2n) is 4.39. The number of rotatable bonds is 6. The molecule has 1 aromatic heterocycles. The summed E-state index contributed by atoms with van der Waals surface area (Å²) in [6.07, 6.45) is 1.11. The molecule has 0 aliphatic heterocycles. The summed E-state index contributed by atoms with van der Waals surface area (Å²) in [4.78, 5) is 33.2. The highest BCUT2D eigenvalue weighted by molar-refractivity contribution is 9.10. The minimum atomic E-state index is -0.687. The molecule has 0 spiro atoms. The number of amides is 2. The summed E-state index contributed by atoms with van der Waals surface area (Å²) in [5.41, 5.74) is 2.57. The second-order valence-corrected chi connectivity index (χ2v) is 5.24. The first-order valence-electron chi connectivity index (χ1n) is 6.56. The van der Waals surface area contributed by atoms with E-state index in [4.69, 9.17) is 4.42 Å². The number of hydrazone groups is 1. The number of nitro groups is 1. The van der Waals surface area contributed by atoms with Crippen LogP contribution in [0.25, 0.3) is 0 Å². The van der Waals surface area contributed by atoms with Gasteiger partial charge >= 0.3 is 5.88 Å². The second kappa shape index (κ2) is 8.02. The summed E-state index contributed by atoms with van der Waals surface area (Å²) in [5.74, 6) is -1.29. The summed E-state index contributed by atoms with van der Waals surface area (Å²) in [6.45, 7) is -0.282. The molecule has 1 aromatic carbocycles. The highest BCUT2D eigenvalue weighted by atomic mass is 79.9. The van der Waals surface area contributed by atoms with E-state index in [1.165, 1.54) is 12.1 Å². The van der Waals surface area contributed by atoms with Gasteiger partial charge < -0.3 is 9.73 Å². The highest BCUT2D eigenvalue weighted by Crippen LogP contribution is 2.15. The van der Waals surface area contributed by atoms with Gasteiger partial charge in [-0.1, -0.05) is 12.1 Å². The molecule has 0 fully saturated rings. The molecule has 0 aliphatic carbocycles. The molecule has 124 valence electrons. The third-order valence-corrected chi connectivity index (χ3v) is 3.39. The Morgan fingerprint density at radius 3 is 2.71 bits per heavy atom. The Balaban J connectivity index is 1.81. The fraction of sp³-hybridized carbons (Fsp3) is 0.0714. The molecular weight excluding hydrogens is 384 g/mol. The van der Waals surface area contributed by atoms with Crippen molar-refractivity contribution in [3.05, 3.63) is 62.3 Å². The Hall–Kier alpha value is -3.01. The van der Waals surface area contributed by atoms with E-state index in [1.54, 1.807) is 24.3 Å². The predicted octanol–water partition coefficient (Wildman–Crippen LogP) is 1.83. The first-order chi connectivity index (χ1) is 11.5. The molecule has 2 aromatic rings. The number of carbonyl (C=O) groups excluding carboxylic acids is 2. The van der Waals surface area contributed by atoms with Crippen molar-refractivity contribution in [1.82, 2.24) is 10.7 Å². The Labute approximate surface area is 144 Å². The van der Waals surface area contributed by atoms with E-state index in [-0.39, 0.29) is 12.3 Å². The van der Waals surface area contributed by atoms with Crippen molar-refractivity contribution in [2.75, 3.05) is 6.54 Å². The molecule has 9 nitrogen and oxygen atoms in total. The molecule has 0 saturated carbocycles. The molecule has 2 amide bonds. The van der Waals surface area contributed by atoms with Gasteiger partial charge in [-0.25, -0.2) is 5.43 Å². The Morgan fingerprint density at radius 1 is 1.29 bits per heavy atom. The van der Waals surface area contributed by atoms with Gasteiger partial charge in [0.25, 0.3) is 11.8 Å². The van der Waals surface area contributed by atoms with Gasteiger partial charge in [0.05, 0.1) is 24.4 Å². The lowest BCUT2D eigenvalue weighted by atomic mass is 10.2. The zero-order valence-corrected chi connectivity index (χ0v) is 13.6. The lowest BCUT2D eigenvalue weighted by Crippen LogP contribution is -2.35. The molecule has 24 heavy (non-hydrogen) atoms. The number of halogens is 1. The molecule has 10 heteroatoms.